The third-order valence-corrected chi connectivity index (χ3v) is 21.0. The molecule has 8 aromatic carbocycles. The van der Waals surface area contributed by atoms with Crippen molar-refractivity contribution < 1.29 is 76.2 Å². The van der Waals surface area contributed by atoms with Crippen molar-refractivity contribution in [2.24, 2.45) is 0 Å². The Morgan fingerprint density at radius 3 is 0.605 bits per heavy atom. The average molecular weight is 1750 g/mol. The highest BCUT2D eigenvalue weighted by Crippen LogP contribution is 2.38. The molecule has 16 nitrogen and oxygen atoms in total. The number of hydrogen-bond donors (Lipinski definition) is 1. The number of aromatic hydroxyl groups is 1. The summed E-state index contributed by atoms with van der Waals surface area (Å²) in [5, 5.41) is 10.4. The Morgan fingerprint density at radius 2 is 0.395 bits per heavy atom. The molecule has 8 rings (SSSR count). The fraction of sp³-hybridized carbons (Fsp3) is 0.520. The molecule has 0 unspecified atom stereocenters. The second-order valence-electron chi connectivity index (χ2n) is 30.7. The maximum Gasteiger partial charge on any atom is 0.119 e. The molecule has 0 aliphatic heterocycles. The van der Waals surface area contributed by atoms with Gasteiger partial charge >= 0.3 is 0 Å². The van der Waals surface area contributed by atoms with Crippen molar-refractivity contribution in [2.45, 2.75) is 169 Å². The van der Waals surface area contributed by atoms with Crippen LogP contribution in [0, 0.1) is 0 Å². The quantitative estimate of drug-likeness (QED) is 0.0283. The Hall–Kier alpha value is -7.10. The third kappa shape index (κ3) is 41.1. The van der Waals surface area contributed by atoms with Gasteiger partial charge < -0.3 is 76.2 Å². The van der Waals surface area contributed by atoms with E-state index in [1.165, 1.54) is 51.8 Å². The minimum absolute atomic E-state index is 0.103. The van der Waals surface area contributed by atoms with Crippen LogP contribution in [0.1, 0.15) is 192 Å². The number of rotatable bonds is 59. The smallest absolute Gasteiger partial charge is 0.119 e. The number of halogens is 3. The van der Waals surface area contributed by atoms with Crippen molar-refractivity contribution in [1.29, 1.82) is 0 Å². The summed E-state index contributed by atoms with van der Waals surface area (Å²) in [6.07, 6.45) is 10.5. The molecule has 0 bridgehead atoms. The number of phenols is 1. The standard InChI is InChI=1S/C28H41ClO4.C25H35BrO4.C25H35ClO4.C22H30O4/c1-4-18-30-20-21-31-22-23-33-27-15-11-25(12-16-27)28(2,3)24-9-13-26(14-10-24)32-19-8-6-5-7-17-29;2*1-4-15-27-17-18-28-19-20-30-24-12-8-22(9-13-24)25(2,3)21-6-10-23(11-7-21)29-16-5-14-26;1-4-13-24-14-15-25-16-17-26-21-11-7-19(8-12-21)22(2,3)18-5-9-20(23)10-6-18/h9-16H,4-8,17-23H2,1-3H3;2*6-13H,4-5,14-20H2,1-3H3;5-12,23H,4,13-17H2,1-3H3. The van der Waals surface area contributed by atoms with Crippen LogP contribution < -0.4 is 33.2 Å². The summed E-state index contributed by atoms with van der Waals surface area (Å²) in [5.74, 6) is 7.77. The molecule has 0 saturated carbocycles. The summed E-state index contributed by atoms with van der Waals surface area (Å²) < 4.78 is 84.0. The van der Waals surface area contributed by atoms with E-state index in [4.69, 9.17) is 94.3 Å². The number of unbranched alkanes of at least 4 members (excludes halogenated alkanes) is 3. The lowest BCUT2D eigenvalue weighted by Gasteiger charge is -2.26. The van der Waals surface area contributed by atoms with E-state index < -0.39 is 0 Å². The van der Waals surface area contributed by atoms with E-state index >= 15 is 0 Å². The van der Waals surface area contributed by atoms with Gasteiger partial charge in [0.05, 0.1) is 99.1 Å². The summed E-state index contributed by atoms with van der Waals surface area (Å²) in [6, 6.07) is 65.6. The lowest BCUT2D eigenvalue weighted by molar-refractivity contribution is 0.0366. The Balaban J connectivity index is 0.000000283. The molecule has 658 valence electrons. The van der Waals surface area contributed by atoms with Crippen LogP contribution in [0.25, 0.3) is 0 Å². The molecule has 119 heavy (non-hydrogen) atoms. The molecule has 0 heterocycles. The van der Waals surface area contributed by atoms with Crippen LogP contribution in [-0.2, 0) is 59.6 Å². The molecule has 0 atom stereocenters. The van der Waals surface area contributed by atoms with Crippen molar-refractivity contribution in [3.05, 3.63) is 239 Å². The normalized spacial score (nSPS) is 11.5. The Labute approximate surface area is 733 Å². The number of hydrogen-bond acceptors (Lipinski definition) is 16. The Kier molecular flexibility index (Phi) is 52.7. The minimum atomic E-state index is -0.145. The zero-order valence-electron chi connectivity index (χ0n) is 73.6. The maximum absolute atomic E-state index is 9.47. The first-order chi connectivity index (χ1) is 57.8. The van der Waals surface area contributed by atoms with Crippen molar-refractivity contribution in [2.75, 3.05) is 169 Å². The fourth-order valence-electron chi connectivity index (χ4n) is 12.3. The molecule has 0 aromatic heterocycles. The predicted molar refractivity (Wildman–Crippen MR) is 491 cm³/mol. The molecular formula is C100H141BrCl2O16. The largest absolute Gasteiger partial charge is 0.508 e. The van der Waals surface area contributed by atoms with Gasteiger partial charge in [-0.3, -0.25) is 0 Å². The second kappa shape index (κ2) is 61.2. The highest BCUT2D eigenvalue weighted by Gasteiger charge is 2.27. The van der Waals surface area contributed by atoms with E-state index in [9.17, 15) is 5.11 Å². The van der Waals surface area contributed by atoms with Gasteiger partial charge in [-0.1, -0.05) is 209 Å². The van der Waals surface area contributed by atoms with Crippen molar-refractivity contribution in [3.63, 3.8) is 0 Å². The summed E-state index contributed by atoms with van der Waals surface area (Å²) >= 11 is 14.8. The summed E-state index contributed by atoms with van der Waals surface area (Å²) in [4.78, 5) is 0. The average Bonchev–Trinajstić information content (AvgIpc) is 0.820. The van der Waals surface area contributed by atoms with Crippen LogP contribution in [0.5, 0.6) is 46.0 Å². The molecule has 0 aliphatic rings. The van der Waals surface area contributed by atoms with Gasteiger partial charge in [-0.25, -0.2) is 0 Å². The van der Waals surface area contributed by atoms with E-state index in [1.807, 2.05) is 72.8 Å². The molecule has 0 amide bonds. The molecule has 0 fully saturated rings. The molecular weight excluding hydrogens is 1610 g/mol. The predicted octanol–water partition coefficient (Wildman–Crippen LogP) is 23.4. The lowest BCUT2D eigenvalue weighted by Crippen LogP contribution is -2.18. The highest BCUT2D eigenvalue weighted by atomic mass is 79.9. The molecule has 19 heteroatoms. The summed E-state index contributed by atoms with van der Waals surface area (Å²) in [6.45, 7) is 40.7. The molecule has 8 aromatic rings. The van der Waals surface area contributed by atoms with Gasteiger partial charge in [-0.05, 0) is 193 Å². The van der Waals surface area contributed by atoms with Crippen LogP contribution in [0.15, 0.2) is 194 Å². The Bertz CT molecular complexity index is 3650. The van der Waals surface area contributed by atoms with Crippen LogP contribution >= 0.6 is 39.1 Å². The van der Waals surface area contributed by atoms with Gasteiger partial charge in [-0.2, -0.15) is 0 Å². The van der Waals surface area contributed by atoms with Gasteiger partial charge in [0.25, 0.3) is 0 Å². The lowest BCUT2D eigenvalue weighted by atomic mass is 9.78. The zero-order chi connectivity index (χ0) is 85.9. The van der Waals surface area contributed by atoms with E-state index in [1.54, 1.807) is 12.1 Å². The number of phenolic OH excluding ortho intramolecular Hbond substituents is 1. The third-order valence-electron chi connectivity index (χ3n) is 19.9. The molecule has 1 N–H and O–H groups in total. The van der Waals surface area contributed by atoms with Gasteiger partial charge in [0.15, 0.2) is 0 Å². The number of benzene rings is 8. The fourth-order valence-corrected chi connectivity index (χ4v) is 12.8. The molecule has 0 spiro atoms. The van der Waals surface area contributed by atoms with Crippen LogP contribution in [0.3, 0.4) is 0 Å². The van der Waals surface area contributed by atoms with Crippen molar-refractivity contribution in [1.82, 2.24) is 0 Å². The van der Waals surface area contributed by atoms with Gasteiger partial charge in [-0.15, -0.1) is 23.2 Å². The molecule has 0 aliphatic carbocycles. The topological polar surface area (TPSA) is 159 Å². The first-order valence-corrected chi connectivity index (χ1v) is 45.2. The monoisotopic (exact) mass is 1750 g/mol. The summed E-state index contributed by atoms with van der Waals surface area (Å²) in [7, 11) is 0. The maximum atomic E-state index is 9.47. The highest BCUT2D eigenvalue weighted by molar-refractivity contribution is 9.09. The minimum Gasteiger partial charge on any atom is -0.508 e. The molecule has 0 saturated heterocycles. The first kappa shape index (κ1) is 102. The summed E-state index contributed by atoms with van der Waals surface area (Å²) in [5.41, 5.74) is 9.33. The molecule has 0 radical (unpaired) electrons. The zero-order valence-corrected chi connectivity index (χ0v) is 76.7. The van der Waals surface area contributed by atoms with Crippen molar-refractivity contribution in [3.8, 4) is 46.0 Å². The van der Waals surface area contributed by atoms with E-state index in [0.717, 1.165) is 148 Å². The van der Waals surface area contributed by atoms with E-state index in [0.29, 0.717) is 118 Å². The number of ether oxygens (including phenoxy) is 15. The van der Waals surface area contributed by atoms with Crippen LogP contribution in [0.4, 0.5) is 0 Å². The van der Waals surface area contributed by atoms with Gasteiger partial charge in [0.1, 0.15) is 72.4 Å². The van der Waals surface area contributed by atoms with E-state index in [-0.39, 0.29) is 27.4 Å². The first-order valence-electron chi connectivity index (χ1n) is 43.0. The van der Waals surface area contributed by atoms with Gasteiger partial charge in [0, 0.05) is 65.2 Å². The van der Waals surface area contributed by atoms with Crippen LogP contribution in [0.2, 0.25) is 0 Å². The van der Waals surface area contributed by atoms with E-state index in [2.05, 4.69) is 208 Å². The van der Waals surface area contributed by atoms with Crippen molar-refractivity contribution >= 4 is 39.1 Å². The van der Waals surface area contributed by atoms with Gasteiger partial charge in [0.2, 0.25) is 0 Å². The number of alkyl halides is 3. The van der Waals surface area contributed by atoms with Crippen LogP contribution in [-0.4, -0.2) is 174 Å². The Morgan fingerprint density at radius 1 is 0.218 bits per heavy atom. The second-order valence-corrected chi connectivity index (χ2v) is 32.3. The SMILES string of the molecule is CCCOCCOCCOc1ccc(C(C)(C)c2ccc(O)cc2)cc1.CCCOCCOCCOc1ccc(C(C)(C)c2ccc(OCCCBr)cc2)cc1.CCCOCCOCCOc1ccc(C(C)(C)c2ccc(OCCCCCCCl)cc2)cc1.CCCOCCOCCOc1ccc(C(C)(C)c2ccc(OCCCCl)cc2)cc1.